The van der Waals surface area contributed by atoms with E-state index in [1.807, 2.05) is 19.1 Å². The fourth-order valence-electron chi connectivity index (χ4n) is 5.52. The maximum atomic E-state index is 15.5. The van der Waals surface area contributed by atoms with Crippen LogP contribution in [0.25, 0.3) is 22.0 Å². The van der Waals surface area contributed by atoms with Gasteiger partial charge in [-0.25, -0.2) is 14.2 Å². The number of carbonyl (C=O) groups excluding carboxylic acids is 1. The molecule has 0 radical (unpaired) electrons. The van der Waals surface area contributed by atoms with Crippen molar-refractivity contribution < 1.29 is 28.6 Å². The van der Waals surface area contributed by atoms with Crippen LogP contribution >= 0.6 is 11.3 Å². The number of fused-ring (bicyclic) bond motifs is 2. The maximum Gasteiger partial charge on any atom is 0.337 e. The Morgan fingerprint density at radius 2 is 2.02 bits per heavy atom. The monoisotopic (exact) mass is 586 g/mol. The number of benzene rings is 3. The summed E-state index contributed by atoms with van der Waals surface area (Å²) in [6.45, 7) is 2.65. The minimum absolute atomic E-state index is 0.112. The number of carboxylic acid groups (broad SMARTS) is 1. The number of anilines is 1. The lowest BCUT2D eigenvalue weighted by molar-refractivity contribution is -0.117. The second-order valence-electron chi connectivity index (χ2n) is 10.2. The van der Waals surface area contributed by atoms with Crippen molar-refractivity contribution in [3.63, 3.8) is 0 Å². The largest absolute Gasteiger partial charge is 0.493 e. The Hall–Kier alpha value is -4.74. The molecule has 0 aliphatic carbocycles. The van der Waals surface area contributed by atoms with Gasteiger partial charge in [-0.15, -0.1) is 11.3 Å². The molecule has 4 N–H and O–H groups in total. The summed E-state index contributed by atoms with van der Waals surface area (Å²) >= 11 is 1.35. The number of rotatable bonds is 8. The van der Waals surface area contributed by atoms with Crippen molar-refractivity contribution in [2.75, 3.05) is 19.0 Å². The van der Waals surface area contributed by atoms with Crippen LogP contribution in [0.2, 0.25) is 0 Å². The first-order valence-corrected chi connectivity index (χ1v) is 14.1. The first-order valence-electron chi connectivity index (χ1n) is 13.2. The molecule has 1 atom stereocenters. The number of halogens is 1. The Bertz CT molecular complexity index is 1820. The lowest BCUT2D eigenvalue weighted by Crippen LogP contribution is -2.47. The average Bonchev–Trinajstić information content (AvgIpc) is 3.63. The molecule has 1 aliphatic heterocycles. The van der Waals surface area contributed by atoms with Gasteiger partial charge >= 0.3 is 5.97 Å². The van der Waals surface area contributed by atoms with E-state index in [9.17, 15) is 14.7 Å². The molecule has 3 heterocycles. The molecule has 11 heteroatoms. The van der Waals surface area contributed by atoms with Crippen LogP contribution in [0, 0.1) is 5.82 Å². The zero-order chi connectivity index (χ0) is 29.4. The number of hydrogen-bond acceptors (Lipinski definition) is 7. The van der Waals surface area contributed by atoms with Crippen molar-refractivity contribution in [1.82, 2.24) is 15.3 Å². The number of hydrogen-bond donors (Lipinski definition) is 4. The Labute approximate surface area is 244 Å². The molecule has 2 aromatic heterocycles. The van der Waals surface area contributed by atoms with Crippen LogP contribution in [0.1, 0.15) is 34.8 Å². The van der Waals surface area contributed by atoms with Crippen LogP contribution < -0.4 is 20.1 Å². The summed E-state index contributed by atoms with van der Waals surface area (Å²) in [5.41, 5.74) is 2.63. The van der Waals surface area contributed by atoms with Gasteiger partial charge in [0.15, 0.2) is 16.6 Å². The minimum atomic E-state index is -1.07. The van der Waals surface area contributed by atoms with Gasteiger partial charge in [0.05, 0.1) is 18.2 Å². The van der Waals surface area contributed by atoms with E-state index in [4.69, 9.17) is 9.47 Å². The van der Waals surface area contributed by atoms with E-state index < -0.39 is 17.3 Å². The number of thiazole rings is 1. The van der Waals surface area contributed by atoms with Crippen molar-refractivity contribution in [2.24, 2.45) is 0 Å². The van der Waals surface area contributed by atoms with Gasteiger partial charge in [0.2, 0.25) is 5.91 Å². The topological polar surface area (TPSA) is 126 Å². The molecule has 6 rings (SSSR count). The molecular formula is C31H27FN4O5S. The van der Waals surface area contributed by atoms with Crippen molar-refractivity contribution in [1.29, 1.82) is 0 Å². The summed E-state index contributed by atoms with van der Waals surface area (Å²) in [4.78, 5) is 31.6. The van der Waals surface area contributed by atoms with Gasteiger partial charge in [0.25, 0.3) is 0 Å². The highest BCUT2D eigenvalue weighted by atomic mass is 32.1. The lowest BCUT2D eigenvalue weighted by Gasteiger charge is -2.37. The minimum Gasteiger partial charge on any atom is -0.493 e. The van der Waals surface area contributed by atoms with Gasteiger partial charge in [-0.05, 0) is 54.8 Å². The summed E-state index contributed by atoms with van der Waals surface area (Å²) in [5, 5.41) is 18.7. The number of carboxylic acids is 1. The highest BCUT2D eigenvalue weighted by Gasteiger charge is 2.35. The molecule has 0 bridgehead atoms. The molecule has 214 valence electrons. The molecule has 1 amide bonds. The van der Waals surface area contributed by atoms with Crippen molar-refractivity contribution in [2.45, 2.75) is 25.3 Å². The molecule has 0 spiro atoms. The van der Waals surface area contributed by atoms with Gasteiger partial charge in [-0.3, -0.25) is 4.79 Å². The second-order valence-corrected chi connectivity index (χ2v) is 11.1. The molecule has 5 aromatic rings. The number of methoxy groups -OCH3 is 1. The normalized spacial score (nSPS) is 16.2. The van der Waals surface area contributed by atoms with Crippen LogP contribution in [-0.4, -0.2) is 40.6 Å². The van der Waals surface area contributed by atoms with Gasteiger partial charge in [-0.1, -0.05) is 12.1 Å². The Kier molecular flexibility index (Phi) is 7.13. The lowest BCUT2D eigenvalue weighted by atomic mass is 9.81. The third-order valence-electron chi connectivity index (χ3n) is 7.49. The Balaban J connectivity index is 1.30. The van der Waals surface area contributed by atoms with Crippen LogP contribution in [0.4, 0.5) is 9.52 Å². The quantitative estimate of drug-likeness (QED) is 0.168. The summed E-state index contributed by atoms with van der Waals surface area (Å²) in [5.74, 6) is -0.631. The summed E-state index contributed by atoms with van der Waals surface area (Å²) in [6.07, 6.45) is 4.15. The zero-order valence-corrected chi connectivity index (χ0v) is 23.6. The number of nitrogens with zero attached hydrogens (tertiary/aromatic N) is 1. The van der Waals surface area contributed by atoms with Crippen LogP contribution in [0.3, 0.4) is 0 Å². The van der Waals surface area contributed by atoms with E-state index in [1.165, 1.54) is 23.5 Å². The third kappa shape index (κ3) is 5.08. The summed E-state index contributed by atoms with van der Waals surface area (Å²) in [7, 11) is 1.54. The number of amides is 1. The molecule has 9 nitrogen and oxygen atoms in total. The first kappa shape index (κ1) is 27.4. The summed E-state index contributed by atoms with van der Waals surface area (Å²) < 4.78 is 27.3. The van der Waals surface area contributed by atoms with E-state index in [0.717, 1.165) is 17.5 Å². The maximum absolute atomic E-state index is 15.5. The number of ether oxygens (including phenoxy) is 2. The Morgan fingerprint density at radius 1 is 1.17 bits per heavy atom. The van der Waals surface area contributed by atoms with E-state index in [-0.39, 0.29) is 23.6 Å². The van der Waals surface area contributed by atoms with Crippen molar-refractivity contribution in [3.05, 3.63) is 88.8 Å². The molecule has 0 unspecified atom stereocenters. The predicted molar refractivity (Wildman–Crippen MR) is 158 cm³/mol. The number of aromatic carboxylic acids is 1. The average molecular weight is 587 g/mol. The smallest absolute Gasteiger partial charge is 0.337 e. The Morgan fingerprint density at radius 3 is 2.76 bits per heavy atom. The van der Waals surface area contributed by atoms with Crippen LogP contribution in [0.15, 0.2) is 66.3 Å². The SMILES string of the molecule is COc1cc2c(cc1Oc1ccc(-c3c[nH]c4c(C(=O)O)cccc34)c(F)c1)[C@@](C)(CC(=O)Nc1nccs1)NCC2. The van der Waals surface area contributed by atoms with Gasteiger partial charge in [0.1, 0.15) is 11.6 Å². The molecule has 42 heavy (non-hydrogen) atoms. The van der Waals surface area contributed by atoms with E-state index in [1.54, 1.807) is 49.1 Å². The standard InChI is InChI=1S/C31H27FN4O5S/c1-31(15-27(37)36-30-33-10-11-42-30)23-14-26(25(40-2)12-17(23)8-9-35-31)41-18-6-7-19(24(32)13-18)22-16-34-28-20(22)4-3-5-21(28)29(38)39/h3-7,10-14,16,34-35H,8-9,15H2,1-2H3,(H,38,39)(H,33,36,37)/t31-/m1/s1. The number of para-hydroxylation sites is 1. The molecule has 3 aromatic carbocycles. The molecule has 1 aliphatic rings. The van der Waals surface area contributed by atoms with E-state index >= 15 is 4.39 Å². The van der Waals surface area contributed by atoms with Gasteiger partial charge < -0.3 is 30.2 Å². The number of aromatic amines is 1. The number of aromatic nitrogens is 2. The second kappa shape index (κ2) is 10.9. The molecule has 0 fully saturated rings. The van der Waals surface area contributed by atoms with E-state index in [0.29, 0.717) is 45.2 Å². The highest BCUT2D eigenvalue weighted by molar-refractivity contribution is 7.13. The van der Waals surface area contributed by atoms with Crippen molar-refractivity contribution in [3.8, 4) is 28.4 Å². The predicted octanol–water partition coefficient (Wildman–Crippen LogP) is 6.32. The van der Waals surface area contributed by atoms with Crippen molar-refractivity contribution >= 4 is 39.2 Å². The number of carbonyl (C=O) groups is 2. The summed E-state index contributed by atoms with van der Waals surface area (Å²) in [6, 6.07) is 13.2. The first-order chi connectivity index (χ1) is 20.3. The molecule has 0 saturated heterocycles. The van der Waals surface area contributed by atoms with Gasteiger partial charge in [0, 0.05) is 58.9 Å². The highest BCUT2D eigenvalue weighted by Crippen LogP contribution is 2.42. The third-order valence-corrected chi connectivity index (χ3v) is 8.18. The molecular weight excluding hydrogens is 559 g/mol. The van der Waals surface area contributed by atoms with Crippen LogP contribution in [-0.2, 0) is 16.8 Å². The number of nitrogens with one attached hydrogen (secondary N) is 3. The van der Waals surface area contributed by atoms with Gasteiger partial charge in [-0.2, -0.15) is 0 Å². The fourth-order valence-corrected chi connectivity index (χ4v) is 6.06. The zero-order valence-electron chi connectivity index (χ0n) is 22.8. The van der Waals surface area contributed by atoms with Crippen LogP contribution in [0.5, 0.6) is 17.2 Å². The van der Waals surface area contributed by atoms with E-state index in [2.05, 4.69) is 20.6 Å². The fraction of sp³-hybridized carbons (Fsp3) is 0.194. The number of H-pyrrole nitrogens is 1. The molecule has 0 saturated carbocycles.